The molecular formula is C23H28N2O3. The summed E-state index contributed by atoms with van der Waals surface area (Å²) in [4.78, 5) is 41.7. The second kappa shape index (κ2) is 6.71. The first-order chi connectivity index (χ1) is 13.5. The minimum atomic E-state index is 0.0795. The van der Waals surface area contributed by atoms with E-state index in [2.05, 4.69) is 0 Å². The predicted molar refractivity (Wildman–Crippen MR) is 105 cm³/mol. The molecule has 3 aliphatic carbocycles. The molecule has 1 heterocycles. The van der Waals surface area contributed by atoms with Crippen LogP contribution in [0.5, 0.6) is 0 Å². The van der Waals surface area contributed by atoms with Crippen molar-refractivity contribution in [2.45, 2.75) is 51.0 Å². The zero-order chi connectivity index (χ0) is 19.4. The van der Waals surface area contributed by atoms with Gasteiger partial charge in [0.25, 0.3) is 5.91 Å². The second-order valence-electron chi connectivity index (χ2n) is 9.16. The van der Waals surface area contributed by atoms with Crippen molar-refractivity contribution in [3.8, 4) is 0 Å². The van der Waals surface area contributed by atoms with E-state index >= 15 is 0 Å². The van der Waals surface area contributed by atoms with Gasteiger partial charge in [-0.2, -0.15) is 0 Å². The SMILES string of the molecule is CN(C(=O)C1CC1)[C@H]1C[C@H]2CCN(C(=O)c3cccc4c3CCC4=O)C[C@H]2C1. The molecule has 0 unspecified atom stereocenters. The fourth-order valence-electron chi connectivity index (χ4n) is 5.61. The summed E-state index contributed by atoms with van der Waals surface area (Å²) in [6.45, 7) is 1.56. The normalized spacial score (nSPS) is 28.8. The third kappa shape index (κ3) is 2.96. The van der Waals surface area contributed by atoms with Crippen LogP contribution in [-0.2, 0) is 11.2 Å². The first-order valence-corrected chi connectivity index (χ1v) is 10.7. The van der Waals surface area contributed by atoms with Gasteiger partial charge in [0.2, 0.25) is 5.91 Å². The highest BCUT2D eigenvalue weighted by molar-refractivity contribution is 6.05. The van der Waals surface area contributed by atoms with Gasteiger partial charge in [-0.05, 0) is 62.0 Å². The van der Waals surface area contributed by atoms with Crippen molar-refractivity contribution in [1.82, 2.24) is 9.80 Å². The van der Waals surface area contributed by atoms with E-state index in [0.717, 1.165) is 61.9 Å². The molecule has 1 saturated heterocycles. The highest BCUT2D eigenvalue weighted by Crippen LogP contribution is 2.42. The second-order valence-corrected chi connectivity index (χ2v) is 9.16. The van der Waals surface area contributed by atoms with Crippen molar-refractivity contribution < 1.29 is 14.4 Å². The zero-order valence-electron chi connectivity index (χ0n) is 16.5. The molecular weight excluding hydrogens is 352 g/mol. The van der Waals surface area contributed by atoms with E-state index in [1.54, 1.807) is 0 Å². The van der Waals surface area contributed by atoms with Crippen LogP contribution in [-0.4, -0.2) is 53.6 Å². The van der Waals surface area contributed by atoms with Crippen molar-refractivity contribution in [3.05, 3.63) is 34.9 Å². The Kier molecular flexibility index (Phi) is 4.29. The molecule has 0 spiro atoms. The van der Waals surface area contributed by atoms with Crippen molar-refractivity contribution in [2.24, 2.45) is 17.8 Å². The number of rotatable bonds is 3. The van der Waals surface area contributed by atoms with Crippen molar-refractivity contribution in [2.75, 3.05) is 20.1 Å². The molecule has 0 aromatic heterocycles. The average molecular weight is 380 g/mol. The molecule has 0 bridgehead atoms. The molecule has 2 amide bonds. The quantitative estimate of drug-likeness (QED) is 0.810. The Morgan fingerprint density at radius 1 is 1.07 bits per heavy atom. The van der Waals surface area contributed by atoms with E-state index in [4.69, 9.17) is 0 Å². The smallest absolute Gasteiger partial charge is 0.254 e. The summed E-state index contributed by atoms with van der Waals surface area (Å²) in [5.74, 6) is 1.93. The predicted octanol–water partition coefficient (Wildman–Crippen LogP) is 2.92. The number of ketones is 1. The first kappa shape index (κ1) is 17.9. The largest absolute Gasteiger partial charge is 0.343 e. The highest BCUT2D eigenvalue weighted by atomic mass is 16.2. The Morgan fingerprint density at radius 3 is 2.64 bits per heavy atom. The first-order valence-electron chi connectivity index (χ1n) is 10.7. The molecule has 1 aromatic carbocycles. The van der Waals surface area contributed by atoms with Crippen molar-refractivity contribution >= 4 is 17.6 Å². The number of likely N-dealkylation sites (tertiary alicyclic amines) is 1. The van der Waals surface area contributed by atoms with Crippen LogP contribution < -0.4 is 0 Å². The Hall–Kier alpha value is -2.17. The molecule has 1 aliphatic heterocycles. The molecule has 28 heavy (non-hydrogen) atoms. The molecule has 148 valence electrons. The van der Waals surface area contributed by atoms with Crippen LogP contribution in [0.2, 0.25) is 0 Å². The standard InChI is InChI=1S/C23H28N2O3/c1-24(22(27)14-5-6-14)17-11-15-9-10-25(13-16(15)12-17)23(28)20-4-2-3-19-18(20)7-8-21(19)26/h2-4,14-17H,5-13H2,1H3/t15-,16-,17+/m1/s1. The van der Waals surface area contributed by atoms with Gasteiger partial charge in [0, 0.05) is 49.6 Å². The molecule has 5 rings (SSSR count). The molecule has 5 nitrogen and oxygen atoms in total. The molecule has 0 radical (unpaired) electrons. The summed E-state index contributed by atoms with van der Waals surface area (Å²) in [7, 11) is 1.97. The van der Waals surface area contributed by atoms with Gasteiger partial charge in [-0.15, -0.1) is 0 Å². The third-order valence-electron chi connectivity index (χ3n) is 7.46. The van der Waals surface area contributed by atoms with Gasteiger partial charge < -0.3 is 9.80 Å². The Labute approximate surface area is 166 Å². The summed E-state index contributed by atoms with van der Waals surface area (Å²) in [6.07, 6.45) is 6.42. The number of carbonyl (C=O) groups is 3. The molecule has 4 aliphatic rings. The van der Waals surface area contributed by atoms with Crippen LogP contribution >= 0.6 is 0 Å². The van der Waals surface area contributed by atoms with E-state index in [0.29, 0.717) is 36.6 Å². The third-order valence-corrected chi connectivity index (χ3v) is 7.46. The lowest BCUT2D eigenvalue weighted by Gasteiger charge is -2.35. The lowest BCUT2D eigenvalue weighted by atomic mass is 9.88. The lowest BCUT2D eigenvalue weighted by Crippen LogP contribution is -2.42. The fraction of sp³-hybridized carbons (Fsp3) is 0.609. The van der Waals surface area contributed by atoms with Crippen LogP contribution in [0.25, 0.3) is 0 Å². The number of piperidine rings is 1. The minimum Gasteiger partial charge on any atom is -0.343 e. The summed E-state index contributed by atoms with van der Waals surface area (Å²) < 4.78 is 0. The maximum atomic E-state index is 13.2. The van der Waals surface area contributed by atoms with Crippen LogP contribution in [0.4, 0.5) is 0 Å². The summed E-state index contributed by atoms with van der Waals surface area (Å²) in [6, 6.07) is 5.90. The van der Waals surface area contributed by atoms with E-state index < -0.39 is 0 Å². The maximum absolute atomic E-state index is 13.2. The molecule has 3 atom stereocenters. The Bertz CT molecular complexity index is 844. The van der Waals surface area contributed by atoms with Crippen LogP contribution in [0.3, 0.4) is 0 Å². The van der Waals surface area contributed by atoms with E-state index in [-0.39, 0.29) is 17.6 Å². The number of nitrogens with zero attached hydrogens (tertiary/aromatic N) is 2. The number of Topliss-reactive ketones (excluding diaryl/α,β-unsaturated/α-hetero) is 1. The minimum absolute atomic E-state index is 0.0795. The van der Waals surface area contributed by atoms with Gasteiger partial charge in [-0.1, -0.05) is 12.1 Å². The van der Waals surface area contributed by atoms with E-state index in [9.17, 15) is 14.4 Å². The Morgan fingerprint density at radius 2 is 1.86 bits per heavy atom. The number of carbonyl (C=O) groups excluding carboxylic acids is 3. The molecule has 3 fully saturated rings. The zero-order valence-corrected chi connectivity index (χ0v) is 16.5. The fourth-order valence-corrected chi connectivity index (χ4v) is 5.61. The summed E-state index contributed by atoms with van der Waals surface area (Å²) in [5.41, 5.74) is 2.40. The van der Waals surface area contributed by atoms with E-state index in [1.807, 2.05) is 35.0 Å². The van der Waals surface area contributed by atoms with Crippen LogP contribution in [0.15, 0.2) is 18.2 Å². The maximum Gasteiger partial charge on any atom is 0.254 e. The van der Waals surface area contributed by atoms with Gasteiger partial charge in [0.1, 0.15) is 0 Å². The molecule has 1 aromatic rings. The average Bonchev–Trinajstić information content (AvgIpc) is 3.37. The lowest BCUT2D eigenvalue weighted by molar-refractivity contribution is -0.133. The van der Waals surface area contributed by atoms with Crippen LogP contribution in [0.1, 0.15) is 64.8 Å². The van der Waals surface area contributed by atoms with Crippen molar-refractivity contribution in [1.29, 1.82) is 0 Å². The number of hydrogen-bond donors (Lipinski definition) is 0. The monoisotopic (exact) mass is 380 g/mol. The van der Waals surface area contributed by atoms with Gasteiger partial charge in [-0.3, -0.25) is 14.4 Å². The Balaban J connectivity index is 1.28. The molecule has 5 heteroatoms. The summed E-state index contributed by atoms with van der Waals surface area (Å²) >= 11 is 0. The number of fused-ring (bicyclic) bond motifs is 2. The number of amides is 2. The number of hydrogen-bond acceptors (Lipinski definition) is 3. The molecule has 0 N–H and O–H groups in total. The summed E-state index contributed by atoms with van der Waals surface area (Å²) in [5, 5.41) is 0. The topological polar surface area (TPSA) is 57.7 Å². The van der Waals surface area contributed by atoms with Crippen LogP contribution in [0, 0.1) is 17.8 Å². The highest BCUT2D eigenvalue weighted by Gasteiger charge is 2.43. The van der Waals surface area contributed by atoms with Gasteiger partial charge in [-0.25, -0.2) is 0 Å². The van der Waals surface area contributed by atoms with E-state index in [1.165, 1.54) is 0 Å². The molecule has 2 saturated carbocycles. The van der Waals surface area contributed by atoms with Gasteiger partial charge in [0.15, 0.2) is 5.78 Å². The van der Waals surface area contributed by atoms with Gasteiger partial charge in [0.05, 0.1) is 0 Å². The van der Waals surface area contributed by atoms with Crippen molar-refractivity contribution in [3.63, 3.8) is 0 Å². The van der Waals surface area contributed by atoms with Gasteiger partial charge >= 0.3 is 0 Å². The number of benzene rings is 1.